The Labute approximate surface area is 77.5 Å². The van der Waals surface area contributed by atoms with Gasteiger partial charge >= 0.3 is 0 Å². The van der Waals surface area contributed by atoms with Crippen LogP contribution in [-0.4, -0.2) is 54.4 Å². The number of hydrogen-bond donors (Lipinski definition) is 2. The van der Waals surface area contributed by atoms with Crippen molar-refractivity contribution in [3.05, 3.63) is 0 Å². The Morgan fingerprint density at radius 1 is 1.77 bits per heavy atom. The molecule has 3 N–H and O–H groups in total. The van der Waals surface area contributed by atoms with E-state index in [4.69, 9.17) is 15.6 Å². The largest absolute Gasteiger partial charge is 0.395 e. The van der Waals surface area contributed by atoms with Crippen LogP contribution in [0.1, 0.15) is 6.92 Å². The van der Waals surface area contributed by atoms with Crippen LogP contribution in [0.25, 0.3) is 0 Å². The molecule has 0 aliphatic carbocycles. The summed E-state index contributed by atoms with van der Waals surface area (Å²) in [7, 11) is 0. The number of nitrogens with zero attached hydrogens (tertiary/aromatic N) is 1. The van der Waals surface area contributed by atoms with Crippen molar-refractivity contribution < 1.29 is 14.6 Å². The van der Waals surface area contributed by atoms with Crippen molar-refractivity contribution in [1.29, 1.82) is 0 Å². The fourth-order valence-electron chi connectivity index (χ4n) is 1.67. The maximum Gasteiger partial charge on any atom is 0.237 e. The third-order valence-corrected chi connectivity index (χ3v) is 2.28. The number of aliphatic hydroxyl groups excluding tert-OH is 1. The molecule has 0 aromatic carbocycles. The Morgan fingerprint density at radius 2 is 2.46 bits per heavy atom. The number of morpholine rings is 1. The predicted molar refractivity (Wildman–Crippen MR) is 47.1 cm³/mol. The Bertz CT molecular complexity index is 184. The molecule has 1 rings (SSSR count). The maximum atomic E-state index is 11.1. The molecule has 1 aliphatic rings. The molecule has 0 aromatic rings. The number of β-amino-alcohol motifs (C(OH)–C–C–N with tert-alkyl or cyclic N) is 1. The quantitative estimate of drug-likeness (QED) is 0.568. The molecule has 0 bridgehead atoms. The molecule has 1 amide bonds. The summed E-state index contributed by atoms with van der Waals surface area (Å²) in [6.07, 6.45) is -0.183. The average molecular weight is 188 g/mol. The molecule has 1 fully saturated rings. The Kier molecular flexibility index (Phi) is 3.65. The van der Waals surface area contributed by atoms with Crippen LogP contribution < -0.4 is 5.73 Å². The van der Waals surface area contributed by atoms with E-state index >= 15 is 0 Å². The third-order valence-electron chi connectivity index (χ3n) is 2.28. The van der Waals surface area contributed by atoms with Crippen LogP contribution in [-0.2, 0) is 9.53 Å². The lowest BCUT2D eigenvalue weighted by Crippen LogP contribution is -2.57. The number of amides is 1. The summed E-state index contributed by atoms with van der Waals surface area (Å²) in [6.45, 7) is 3.57. The van der Waals surface area contributed by atoms with Crippen LogP contribution in [0.15, 0.2) is 0 Å². The zero-order valence-electron chi connectivity index (χ0n) is 7.77. The third kappa shape index (κ3) is 2.40. The van der Waals surface area contributed by atoms with Crippen molar-refractivity contribution in [2.75, 3.05) is 26.3 Å². The normalized spacial score (nSPS) is 30.3. The van der Waals surface area contributed by atoms with Gasteiger partial charge < -0.3 is 15.6 Å². The zero-order chi connectivity index (χ0) is 9.84. The monoisotopic (exact) mass is 188 g/mol. The van der Waals surface area contributed by atoms with E-state index in [0.717, 1.165) is 0 Å². The lowest BCUT2D eigenvalue weighted by Gasteiger charge is -2.37. The molecule has 0 unspecified atom stereocenters. The first kappa shape index (κ1) is 10.4. The molecule has 5 nitrogen and oxygen atoms in total. The first-order chi connectivity index (χ1) is 6.16. The first-order valence-corrected chi connectivity index (χ1v) is 4.42. The van der Waals surface area contributed by atoms with Crippen molar-refractivity contribution in [2.45, 2.75) is 19.1 Å². The number of rotatable bonds is 3. The minimum absolute atomic E-state index is 0.0382. The van der Waals surface area contributed by atoms with Crippen LogP contribution in [0.2, 0.25) is 0 Å². The second-order valence-electron chi connectivity index (χ2n) is 3.18. The van der Waals surface area contributed by atoms with Gasteiger partial charge in [0.25, 0.3) is 0 Å². The van der Waals surface area contributed by atoms with Crippen molar-refractivity contribution in [2.24, 2.45) is 5.73 Å². The number of carbonyl (C=O) groups excluding carboxylic acids is 1. The SMILES string of the molecule is C[C@H]1OCCN(CCO)[C@@H]1C(N)=O. The van der Waals surface area contributed by atoms with Gasteiger partial charge in [-0.25, -0.2) is 0 Å². The van der Waals surface area contributed by atoms with E-state index in [1.54, 1.807) is 0 Å². The smallest absolute Gasteiger partial charge is 0.237 e. The molecule has 13 heavy (non-hydrogen) atoms. The summed E-state index contributed by atoms with van der Waals surface area (Å²) < 4.78 is 5.30. The summed E-state index contributed by atoms with van der Waals surface area (Å²) in [4.78, 5) is 12.9. The highest BCUT2D eigenvalue weighted by Crippen LogP contribution is 2.12. The maximum absolute atomic E-state index is 11.1. The highest BCUT2D eigenvalue weighted by atomic mass is 16.5. The topological polar surface area (TPSA) is 75.8 Å². The number of nitrogens with two attached hydrogens (primary N) is 1. The number of hydrogen-bond acceptors (Lipinski definition) is 4. The van der Waals surface area contributed by atoms with Crippen LogP contribution in [0, 0.1) is 0 Å². The van der Waals surface area contributed by atoms with Crippen LogP contribution in [0.4, 0.5) is 0 Å². The van der Waals surface area contributed by atoms with Gasteiger partial charge in [-0.15, -0.1) is 0 Å². The van der Waals surface area contributed by atoms with Gasteiger partial charge in [-0.2, -0.15) is 0 Å². The number of primary amides is 1. The fourth-order valence-corrected chi connectivity index (χ4v) is 1.67. The Hall–Kier alpha value is -0.650. The van der Waals surface area contributed by atoms with Gasteiger partial charge in [0.05, 0.1) is 19.3 Å². The van der Waals surface area contributed by atoms with E-state index in [0.29, 0.717) is 19.7 Å². The predicted octanol–water partition coefficient (Wildman–Crippen LogP) is -1.45. The van der Waals surface area contributed by atoms with Crippen LogP contribution in [0.5, 0.6) is 0 Å². The van der Waals surface area contributed by atoms with Crippen LogP contribution >= 0.6 is 0 Å². The van der Waals surface area contributed by atoms with Gasteiger partial charge in [-0.1, -0.05) is 0 Å². The molecule has 1 aliphatic heterocycles. The second kappa shape index (κ2) is 4.55. The molecule has 1 heterocycles. The summed E-state index contributed by atoms with van der Waals surface area (Å²) >= 11 is 0. The minimum Gasteiger partial charge on any atom is -0.395 e. The van der Waals surface area contributed by atoms with E-state index in [1.165, 1.54) is 0 Å². The van der Waals surface area contributed by atoms with Crippen molar-refractivity contribution in [1.82, 2.24) is 4.90 Å². The van der Waals surface area contributed by atoms with Crippen molar-refractivity contribution in [3.8, 4) is 0 Å². The highest BCUT2D eigenvalue weighted by Gasteiger charge is 2.32. The van der Waals surface area contributed by atoms with Gasteiger partial charge in [-0.3, -0.25) is 9.69 Å². The Morgan fingerprint density at radius 3 is 3.00 bits per heavy atom. The van der Waals surface area contributed by atoms with E-state index in [9.17, 15) is 4.79 Å². The highest BCUT2D eigenvalue weighted by molar-refractivity contribution is 5.80. The van der Waals surface area contributed by atoms with Crippen molar-refractivity contribution >= 4 is 5.91 Å². The average Bonchev–Trinajstić information content (AvgIpc) is 2.04. The molecule has 0 aromatic heterocycles. The summed E-state index contributed by atoms with van der Waals surface area (Å²) in [5.74, 6) is -0.388. The molecule has 0 saturated carbocycles. The van der Waals surface area contributed by atoms with Crippen LogP contribution in [0.3, 0.4) is 0 Å². The molecule has 2 atom stereocenters. The van der Waals surface area contributed by atoms with Gasteiger partial charge in [-0.05, 0) is 6.92 Å². The van der Waals surface area contributed by atoms with E-state index < -0.39 is 6.04 Å². The molecule has 1 saturated heterocycles. The zero-order valence-corrected chi connectivity index (χ0v) is 7.77. The lowest BCUT2D eigenvalue weighted by atomic mass is 10.1. The minimum atomic E-state index is -0.402. The van der Waals surface area contributed by atoms with Gasteiger partial charge in [0.1, 0.15) is 6.04 Å². The summed E-state index contributed by atoms with van der Waals surface area (Å²) in [5, 5.41) is 8.77. The lowest BCUT2D eigenvalue weighted by molar-refractivity contribution is -0.136. The Balaban J connectivity index is 2.62. The molecular formula is C8H16N2O3. The van der Waals surface area contributed by atoms with E-state index in [-0.39, 0.29) is 18.6 Å². The molecular weight excluding hydrogens is 172 g/mol. The van der Waals surface area contributed by atoms with Gasteiger partial charge in [0.15, 0.2) is 0 Å². The second-order valence-corrected chi connectivity index (χ2v) is 3.18. The summed E-state index contributed by atoms with van der Waals surface area (Å²) in [6, 6.07) is -0.402. The standard InChI is InChI=1S/C8H16N2O3/c1-6-7(8(9)12)10(2-4-11)3-5-13-6/h6-7,11H,2-5H2,1H3,(H2,9,12)/t6-,7+/m1/s1. The first-order valence-electron chi connectivity index (χ1n) is 4.42. The van der Waals surface area contributed by atoms with E-state index in [2.05, 4.69) is 0 Å². The van der Waals surface area contributed by atoms with E-state index in [1.807, 2.05) is 11.8 Å². The number of aliphatic hydroxyl groups is 1. The molecule has 0 spiro atoms. The molecule has 5 heteroatoms. The van der Waals surface area contributed by atoms with Gasteiger partial charge in [0, 0.05) is 13.1 Å². The molecule has 76 valence electrons. The molecule has 0 radical (unpaired) electrons. The fraction of sp³-hybridized carbons (Fsp3) is 0.875. The number of ether oxygens (including phenoxy) is 1. The van der Waals surface area contributed by atoms with Crippen molar-refractivity contribution in [3.63, 3.8) is 0 Å². The summed E-state index contributed by atoms with van der Waals surface area (Å²) in [5.41, 5.74) is 5.24. The number of carbonyl (C=O) groups is 1. The van der Waals surface area contributed by atoms with Gasteiger partial charge in [0.2, 0.25) is 5.91 Å².